The Morgan fingerprint density at radius 2 is 1.90 bits per heavy atom. The van der Waals surface area contributed by atoms with Crippen molar-refractivity contribution < 1.29 is 29.3 Å². The number of methoxy groups -OCH3 is 1. The molecule has 155 valence electrons. The Labute approximate surface area is 177 Å². The number of aromatic amines is 1. The summed E-state index contributed by atoms with van der Waals surface area (Å²) >= 11 is 4.14. The molecule has 1 amide bonds. The Morgan fingerprint density at radius 1 is 1.24 bits per heavy atom. The van der Waals surface area contributed by atoms with Crippen molar-refractivity contribution in [3.63, 3.8) is 0 Å². The molecule has 0 saturated heterocycles. The summed E-state index contributed by atoms with van der Waals surface area (Å²) in [6, 6.07) is 6.33. The molecule has 1 aromatic carbocycles. The predicted molar refractivity (Wildman–Crippen MR) is 110 cm³/mol. The molecule has 0 aliphatic carbocycles. The summed E-state index contributed by atoms with van der Waals surface area (Å²) in [5.74, 6) is -0.253. The molecule has 2 rings (SSSR count). The number of nitrogens with one attached hydrogen (secondary N) is 4. The number of carboxylic acids is 1. The first-order valence-corrected chi connectivity index (χ1v) is 10.1. The molecule has 0 saturated carbocycles. The first-order chi connectivity index (χ1) is 13.6. The number of phenolic OH excluding ortho intramolecular Hbond substituents is 1. The third-order valence-electron chi connectivity index (χ3n) is 2.77. The molecule has 0 unspecified atom stereocenters. The molecule has 0 spiro atoms. The third kappa shape index (κ3) is 9.58. The SMILES string of the molecule is CC(=O)O.COC(=O)[As]Nc1cc(Nc2ccc(NC(C)=O)c(O)c2)[nH]c(=S)n1. The van der Waals surface area contributed by atoms with E-state index in [1.165, 1.54) is 20.1 Å². The van der Waals surface area contributed by atoms with Crippen LogP contribution in [0.3, 0.4) is 0 Å². The van der Waals surface area contributed by atoms with E-state index < -0.39 is 21.9 Å². The summed E-state index contributed by atoms with van der Waals surface area (Å²) < 4.78 is 7.35. The maximum atomic E-state index is 11.2. The van der Waals surface area contributed by atoms with E-state index in [0.717, 1.165) is 6.92 Å². The van der Waals surface area contributed by atoms with Gasteiger partial charge in [-0.25, -0.2) is 0 Å². The van der Waals surface area contributed by atoms with Gasteiger partial charge in [0.1, 0.15) is 0 Å². The van der Waals surface area contributed by atoms with E-state index in [1.54, 1.807) is 18.2 Å². The molecule has 2 aromatic rings. The Hall–Kier alpha value is -3.11. The number of aromatic hydroxyl groups is 1. The molecular formula is C16H19AsN5O6S. The number of carboxylic acid groups (broad SMARTS) is 1. The zero-order valence-corrected chi connectivity index (χ0v) is 18.3. The molecule has 29 heavy (non-hydrogen) atoms. The van der Waals surface area contributed by atoms with Gasteiger partial charge in [-0.05, 0) is 0 Å². The minimum absolute atomic E-state index is 0.0816. The monoisotopic (exact) mass is 484 g/mol. The van der Waals surface area contributed by atoms with Crippen molar-refractivity contribution in [3.8, 4) is 5.75 Å². The van der Waals surface area contributed by atoms with Gasteiger partial charge in [-0.15, -0.1) is 0 Å². The van der Waals surface area contributed by atoms with E-state index in [-0.39, 0.29) is 21.2 Å². The van der Waals surface area contributed by atoms with Crippen molar-refractivity contribution in [1.82, 2.24) is 9.97 Å². The topological polar surface area (TPSA) is 166 Å². The molecule has 11 nitrogen and oxygen atoms in total. The summed E-state index contributed by atoms with van der Waals surface area (Å²) in [4.78, 5) is 38.2. The standard InChI is InChI=1S/C14H15AsN5O4S.C2H4O2/c1-7(21)16-9-4-3-8(5-10(9)22)17-11-6-12(19-14(25)18-11)20-15-13(23)24-2;1-2(3)4/h3-6,22H,1-2H3,(H,16,21)(H3,17,18,19,20,25);1H3,(H,3,4). The number of H-pyrrole nitrogens is 1. The number of aliphatic carboxylic acids is 1. The van der Waals surface area contributed by atoms with Crippen molar-refractivity contribution in [2.45, 2.75) is 13.8 Å². The van der Waals surface area contributed by atoms with Gasteiger partial charge in [0.25, 0.3) is 5.97 Å². The second-order valence-electron chi connectivity index (χ2n) is 5.24. The van der Waals surface area contributed by atoms with Gasteiger partial charge in [-0.3, -0.25) is 4.79 Å². The van der Waals surface area contributed by atoms with Gasteiger partial charge in [0, 0.05) is 6.92 Å². The number of benzene rings is 1. The third-order valence-corrected chi connectivity index (χ3v) is 4.44. The molecule has 1 radical (unpaired) electrons. The second-order valence-corrected chi connectivity index (χ2v) is 7.33. The Kier molecular flexibility index (Phi) is 9.63. The molecular weight excluding hydrogens is 465 g/mol. The van der Waals surface area contributed by atoms with Crippen molar-refractivity contribution >= 4 is 67.8 Å². The van der Waals surface area contributed by atoms with E-state index in [1.807, 2.05) is 0 Å². The summed E-state index contributed by atoms with van der Waals surface area (Å²) in [6.45, 7) is 2.44. The normalized spacial score (nSPS) is 9.90. The van der Waals surface area contributed by atoms with Gasteiger partial charge >= 0.3 is 155 Å². The van der Waals surface area contributed by atoms with E-state index in [0.29, 0.717) is 23.0 Å². The summed E-state index contributed by atoms with van der Waals surface area (Å²) in [6.07, 6.45) is 0. The molecule has 1 aromatic heterocycles. The predicted octanol–water partition coefficient (Wildman–Crippen LogP) is 2.44. The number of rotatable bonds is 6. The van der Waals surface area contributed by atoms with Crippen LogP contribution in [0.15, 0.2) is 24.3 Å². The molecule has 6 N–H and O–H groups in total. The number of anilines is 4. The molecule has 0 fully saturated rings. The first kappa shape index (κ1) is 23.9. The zero-order valence-electron chi connectivity index (χ0n) is 15.6. The number of hydrogen-bond acceptors (Lipinski definition) is 9. The second kappa shape index (κ2) is 11.7. The van der Waals surface area contributed by atoms with E-state index in [9.17, 15) is 14.7 Å². The van der Waals surface area contributed by atoms with Gasteiger partial charge in [0.2, 0.25) is 0 Å². The summed E-state index contributed by atoms with van der Waals surface area (Å²) in [7, 11) is 1.31. The number of carbonyl (C=O) groups is 3. The fourth-order valence-corrected chi connectivity index (χ4v) is 2.86. The Bertz CT molecular complexity index is 948. The van der Waals surface area contributed by atoms with Gasteiger partial charge in [0.05, 0.1) is 0 Å². The van der Waals surface area contributed by atoms with Crippen LogP contribution in [0.25, 0.3) is 0 Å². The quantitative estimate of drug-likeness (QED) is 0.204. The van der Waals surface area contributed by atoms with Crippen LogP contribution in [-0.2, 0) is 14.3 Å². The van der Waals surface area contributed by atoms with E-state index in [2.05, 4.69) is 29.6 Å². The van der Waals surface area contributed by atoms with E-state index in [4.69, 9.17) is 22.1 Å². The molecule has 0 aliphatic heterocycles. The molecule has 0 bridgehead atoms. The van der Waals surface area contributed by atoms with Crippen LogP contribution in [0.5, 0.6) is 5.75 Å². The fourth-order valence-electron chi connectivity index (χ4n) is 1.79. The first-order valence-electron chi connectivity index (χ1n) is 7.84. The molecule has 13 heteroatoms. The van der Waals surface area contributed by atoms with Gasteiger partial charge in [-0.2, -0.15) is 0 Å². The van der Waals surface area contributed by atoms with Crippen LogP contribution >= 0.6 is 12.2 Å². The number of nitrogens with zero attached hydrogens (tertiary/aromatic N) is 1. The van der Waals surface area contributed by atoms with Crippen molar-refractivity contribution in [2.75, 3.05) is 22.0 Å². The Morgan fingerprint density at radius 3 is 2.45 bits per heavy atom. The maximum absolute atomic E-state index is 11.2. The average molecular weight is 484 g/mol. The number of hydrogen-bond donors (Lipinski definition) is 6. The number of carbonyl (C=O) groups excluding carboxylic acids is 2. The van der Waals surface area contributed by atoms with Crippen LogP contribution in [-0.4, -0.2) is 59.9 Å². The van der Waals surface area contributed by atoms with Crippen LogP contribution in [0, 0.1) is 4.77 Å². The van der Waals surface area contributed by atoms with Gasteiger partial charge in [-0.1, -0.05) is 0 Å². The number of phenols is 1. The number of amides is 1. The molecule has 0 aliphatic rings. The van der Waals surface area contributed by atoms with Crippen LogP contribution in [0.4, 0.5) is 27.8 Å². The van der Waals surface area contributed by atoms with Crippen molar-refractivity contribution in [1.29, 1.82) is 0 Å². The van der Waals surface area contributed by atoms with Crippen molar-refractivity contribution in [2.24, 2.45) is 0 Å². The molecule has 1 heterocycles. The Balaban J connectivity index is 0.000000960. The van der Waals surface area contributed by atoms with Gasteiger partial charge < -0.3 is 5.11 Å². The average Bonchev–Trinajstić information content (AvgIpc) is 2.61. The summed E-state index contributed by atoms with van der Waals surface area (Å²) in [5, 5.41) is 22.9. The van der Waals surface area contributed by atoms with Crippen LogP contribution in [0.1, 0.15) is 13.8 Å². The number of ether oxygens (including phenoxy) is 1. The van der Waals surface area contributed by atoms with Crippen LogP contribution < -0.4 is 14.9 Å². The van der Waals surface area contributed by atoms with Gasteiger partial charge in [0.15, 0.2) is 0 Å². The fraction of sp³-hybridized carbons (Fsp3) is 0.188. The zero-order chi connectivity index (χ0) is 22.0. The number of aromatic nitrogens is 2. The molecule has 0 atom stereocenters. The van der Waals surface area contributed by atoms with E-state index >= 15 is 0 Å². The minimum atomic E-state index is -0.913. The van der Waals surface area contributed by atoms with Crippen LogP contribution in [0.2, 0.25) is 0 Å². The van der Waals surface area contributed by atoms with Crippen molar-refractivity contribution in [3.05, 3.63) is 29.0 Å². The summed E-state index contributed by atoms with van der Waals surface area (Å²) in [5.41, 5.74) is 0.876.